The molecule has 1 N–H and O–H groups in total. The zero-order valence-corrected chi connectivity index (χ0v) is 22.6. The number of carbonyl (C=O) groups is 3. The van der Waals surface area contributed by atoms with Crippen molar-refractivity contribution < 1.29 is 33.0 Å². The molecule has 2 amide bonds. The van der Waals surface area contributed by atoms with E-state index in [1.165, 1.54) is 19.2 Å². The van der Waals surface area contributed by atoms with Crippen molar-refractivity contribution in [2.75, 3.05) is 20.3 Å². The Kier molecular flexibility index (Phi) is 10.3. The van der Waals surface area contributed by atoms with Crippen LogP contribution in [-0.2, 0) is 23.8 Å². The van der Waals surface area contributed by atoms with Crippen molar-refractivity contribution in [3.8, 4) is 0 Å². The van der Waals surface area contributed by atoms with Crippen LogP contribution in [0.4, 0.5) is 9.18 Å². The largest absolute Gasteiger partial charge is 0.463 e. The minimum atomic E-state index is -0.961. The van der Waals surface area contributed by atoms with Crippen LogP contribution in [0.3, 0.4) is 0 Å². The van der Waals surface area contributed by atoms with E-state index in [0.717, 1.165) is 0 Å². The van der Waals surface area contributed by atoms with Crippen molar-refractivity contribution in [1.29, 1.82) is 0 Å². The summed E-state index contributed by atoms with van der Waals surface area (Å²) in [6.07, 6.45) is 1.28. The number of alkyl carbamates (subject to hydrolysis) is 1. The van der Waals surface area contributed by atoms with Gasteiger partial charge in [0.15, 0.2) is 0 Å². The first kappa shape index (κ1) is 29.5. The number of esters is 1. The molecule has 202 valence electrons. The highest BCUT2D eigenvalue weighted by atomic mass is 19.1. The third kappa shape index (κ3) is 6.96. The molecule has 9 heteroatoms. The Hall–Kier alpha value is -2.68. The molecule has 0 aromatic heterocycles. The Bertz CT molecular complexity index is 912. The molecule has 1 aromatic carbocycles. The van der Waals surface area contributed by atoms with Crippen molar-refractivity contribution in [2.45, 2.75) is 91.0 Å². The van der Waals surface area contributed by atoms with E-state index >= 15 is 0 Å². The number of methoxy groups -OCH3 is 1. The molecule has 2 rings (SSSR count). The quantitative estimate of drug-likeness (QED) is 0.362. The Morgan fingerprint density at radius 3 is 2.36 bits per heavy atom. The Balaban J connectivity index is 2.45. The molecule has 0 saturated carbocycles. The standard InChI is InChI=1S/C27H41FN2O6/c1-8-27(9-2,24(32)35-16-15-34-7)22-14-13-21(19-11-10-12-20(28)17-19)30(22)23(31)18(3)29-25(33)36-26(4,5)6/h10-12,17-18,21-22H,8-9,13-16H2,1-7H3,(H,29,33)/t18-,21+,22-/m1/s1. The SMILES string of the molecule is CCC(CC)(C(=O)OCCOC)[C@H]1CC[C@@H](c2cccc(F)c2)N1C(=O)[C@@H](C)NC(=O)OC(C)(C)C. The van der Waals surface area contributed by atoms with Gasteiger partial charge in [0, 0.05) is 13.2 Å². The van der Waals surface area contributed by atoms with E-state index in [1.807, 2.05) is 13.8 Å². The summed E-state index contributed by atoms with van der Waals surface area (Å²) in [6, 6.07) is 4.28. The van der Waals surface area contributed by atoms with Crippen LogP contribution in [-0.4, -0.2) is 60.9 Å². The van der Waals surface area contributed by atoms with Gasteiger partial charge in [0.05, 0.1) is 18.1 Å². The van der Waals surface area contributed by atoms with E-state index in [9.17, 15) is 18.8 Å². The number of benzene rings is 1. The summed E-state index contributed by atoms with van der Waals surface area (Å²) in [7, 11) is 1.53. The zero-order valence-electron chi connectivity index (χ0n) is 22.6. The van der Waals surface area contributed by atoms with Gasteiger partial charge in [-0.2, -0.15) is 0 Å². The molecule has 0 radical (unpaired) electrons. The first-order chi connectivity index (χ1) is 16.9. The van der Waals surface area contributed by atoms with E-state index in [1.54, 1.807) is 44.7 Å². The molecule has 1 fully saturated rings. The average Bonchev–Trinajstić information content (AvgIpc) is 3.24. The Morgan fingerprint density at radius 2 is 1.81 bits per heavy atom. The van der Waals surface area contributed by atoms with Gasteiger partial charge < -0.3 is 24.4 Å². The molecule has 0 unspecified atom stereocenters. The van der Waals surface area contributed by atoms with Crippen LogP contribution in [0.2, 0.25) is 0 Å². The second-order valence-electron chi connectivity index (χ2n) is 10.3. The number of rotatable bonds is 10. The van der Waals surface area contributed by atoms with E-state index in [2.05, 4.69) is 5.32 Å². The monoisotopic (exact) mass is 508 g/mol. The van der Waals surface area contributed by atoms with Gasteiger partial charge in [-0.05, 0) is 71.1 Å². The molecule has 8 nitrogen and oxygen atoms in total. The predicted molar refractivity (Wildman–Crippen MR) is 134 cm³/mol. The molecule has 36 heavy (non-hydrogen) atoms. The van der Waals surface area contributed by atoms with Gasteiger partial charge in [0.1, 0.15) is 24.1 Å². The van der Waals surface area contributed by atoms with Crippen molar-refractivity contribution >= 4 is 18.0 Å². The van der Waals surface area contributed by atoms with Gasteiger partial charge in [0.25, 0.3) is 0 Å². The van der Waals surface area contributed by atoms with Crippen LogP contribution < -0.4 is 5.32 Å². The fourth-order valence-electron chi connectivity index (χ4n) is 4.98. The molecule has 3 atom stereocenters. The van der Waals surface area contributed by atoms with E-state index in [4.69, 9.17) is 14.2 Å². The topological polar surface area (TPSA) is 94.2 Å². The van der Waals surface area contributed by atoms with Crippen LogP contribution in [0.1, 0.15) is 78.8 Å². The first-order valence-corrected chi connectivity index (χ1v) is 12.6. The maximum Gasteiger partial charge on any atom is 0.408 e. The molecule has 1 aromatic rings. The number of likely N-dealkylation sites (tertiary alicyclic amines) is 1. The van der Waals surface area contributed by atoms with Crippen molar-refractivity contribution in [3.63, 3.8) is 0 Å². The van der Waals surface area contributed by atoms with Gasteiger partial charge in [0.2, 0.25) is 5.91 Å². The maximum absolute atomic E-state index is 14.1. The summed E-state index contributed by atoms with van der Waals surface area (Å²) < 4.78 is 30.0. The molecule has 1 aliphatic heterocycles. The van der Waals surface area contributed by atoms with Gasteiger partial charge in [-0.15, -0.1) is 0 Å². The molecule has 0 bridgehead atoms. The number of hydrogen-bond acceptors (Lipinski definition) is 6. The fraction of sp³-hybridized carbons (Fsp3) is 0.667. The summed E-state index contributed by atoms with van der Waals surface area (Å²) >= 11 is 0. The highest BCUT2D eigenvalue weighted by molar-refractivity contribution is 5.87. The number of nitrogens with zero attached hydrogens (tertiary/aromatic N) is 1. The third-order valence-electron chi connectivity index (χ3n) is 6.80. The molecule has 0 spiro atoms. The highest BCUT2D eigenvalue weighted by Gasteiger charge is 2.53. The maximum atomic E-state index is 14.1. The Morgan fingerprint density at radius 1 is 1.14 bits per heavy atom. The van der Waals surface area contributed by atoms with Crippen LogP contribution in [0.15, 0.2) is 24.3 Å². The van der Waals surface area contributed by atoms with Gasteiger partial charge in [-0.1, -0.05) is 26.0 Å². The van der Waals surface area contributed by atoms with E-state index in [-0.39, 0.29) is 25.1 Å². The van der Waals surface area contributed by atoms with Crippen LogP contribution >= 0.6 is 0 Å². The predicted octanol–water partition coefficient (Wildman–Crippen LogP) is 4.77. The normalized spacial score (nSPS) is 19.1. The lowest BCUT2D eigenvalue weighted by atomic mass is 9.74. The van der Waals surface area contributed by atoms with Crippen LogP contribution in [0.5, 0.6) is 0 Å². The molecule has 0 aliphatic carbocycles. The second kappa shape index (κ2) is 12.5. The number of amides is 2. The lowest BCUT2D eigenvalue weighted by molar-refractivity contribution is -0.164. The van der Waals surface area contributed by atoms with E-state index in [0.29, 0.717) is 31.2 Å². The van der Waals surface area contributed by atoms with E-state index < -0.39 is 41.1 Å². The van der Waals surface area contributed by atoms with Gasteiger partial charge in [-0.25, -0.2) is 9.18 Å². The summed E-state index contributed by atoms with van der Waals surface area (Å²) in [5, 5.41) is 2.62. The van der Waals surface area contributed by atoms with Crippen molar-refractivity contribution in [2.24, 2.45) is 5.41 Å². The summed E-state index contributed by atoms with van der Waals surface area (Å²) in [5.74, 6) is -1.16. The fourth-order valence-corrected chi connectivity index (χ4v) is 4.98. The van der Waals surface area contributed by atoms with Crippen LogP contribution in [0, 0.1) is 11.2 Å². The molecule has 1 saturated heterocycles. The zero-order chi connectivity index (χ0) is 27.1. The first-order valence-electron chi connectivity index (χ1n) is 12.6. The highest BCUT2D eigenvalue weighted by Crippen LogP contribution is 2.47. The van der Waals surface area contributed by atoms with Crippen molar-refractivity contribution in [1.82, 2.24) is 10.2 Å². The minimum absolute atomic E-state index is 0.113. The minimum Gasteiger partial charge on any atom is -0.463 e. The summed E-state index contributed by atoms with van der Waals surface area (Å²) in [6.45, 7) is 11.0. The molecular weight excluding hydrogens is 467 g/mol. The second-order valence-corrected chi connectivity index (χ2v) is 10.3. The molecular formula is C27H41FN2O6. The van der Waals surface area contributed by atoms with Gasteiger partial charge >= 0.3 is 12.1 Å². The third-order valence-corrected chi connectivity index (χ3v) is 6.80. The Labute approximate surface area is 213 Å². The number of hydrogen-bond donors (Lipinski definition) is 1. The smallest absolute Gasteiger partial charge is 0.408 e. The molecule has 1 heterocycles. The number of nitrogens with one attached hydrogen (secondary N) is 1. The summed E-state index contributed by atoms with van der Waals surface area (Å²) in [4.78, 5) is 41.3. The number of carbonyl (C=O) groups excluding carboxylic acids is 3. The van der Waals surface area contributed by atoms with Crippen molar-refractivity contribution in [3.05, 3.63) is 35.6 Å². The average molecular weight is 509 g/mol. The lowest BCUT2D eigenvalue weighted by Crippen LogP contribution is -2.56. The molecule has 1 aliphatic rings. The summed E-state index contributed by atoms with van der Waals surface area (Å²) in [5.41, 5.74) is -1.04. The van der Waals surface area contributed by atoms with Crippen LogP contribution in [0.25, 0.3) is 0 Å². The number of ether oxygens (including phenoxy) is 3. The van der Waals surface area contributed by atoms with Gasteiger partial charge in [-0.3, -0.25) is 9.59 Å². The number of halogens is 1. The lowest BCUT2D eigenvalue weighted by Gasteiger charge is -2.43.